The highest BCUT2D eigenvalue weighted by molar-refractivity contribution is 7.10. The van der Waals surface area contributed by atoms with Crippen molar-refractivity contribution in [1.82, 2.24) is 5.32 Å². The van der Waals surface area contributed by atoms with Crippen molar-refractivity contribution in [3.63, 3.8) is 0 Å². The van der Waals surface area contributed by atoms with E-state index in [9.17, 15) is 0 Å². The van der Waals surface area contributed by atoms with Crippen LogP contribution < -0.4 is 5.32 Å². The summed E-state index contributed by atoms with van der Waals surface area (Å²) in [6, 6.07) is 2.94. The minimum absolute atomic E-state index is 0.727. The molecule has 0 aliphatic heterocycles. The van der Waals surface area contributed by atoms with Crippen LogP contribution in [0.5, 0.6) is 0 Å². The predicted octanol–water partition coefficient (Wildman–Crippen LogP) is 3.97. The molecule has 1 saturated carbocycles. The maximum absolute atomic E-state index is 3.76. The molecule has 2 rings (SSSR count). The average molecular weight is 237 g/mol. The van der Waals surface area contributed by atoms with Crippen LogP contribution in [-0.2, 0) is 6.54 Å². The smallest absolute Gasteiger partial charge is 0.0305 e. The van der Waals surface area contributed by atoms with Gasteiger partial charge < -0.3 is 5.32 Å². The van der Waals surface area contributed by atoms with E-state index in [0.29, 0.717) is 0 Å². The lowest BCUT2D eigenvalue weighted by Crippen LogP contribution is -2.40. The van der Waals surface area contributed by atoms with E-state index in [1.54, 1.807) is 0 Å². The van der Waals surface area contributed by atoms with Gasteiger partial charge in [0.05, 0.1) is 0 Å². The molecule has 1 aromatic heterocycles. The van der Waals surface area contributed by atoms with Crippen molar-refractivity contribution in [2.45, 2.75) is 52.6 Å². The van der Waals surface area contributed by atoms with Crippen molar-refractivity contribution in [2.75, 3.05) is 0 Å². The van der Waals surface area contributed by atoms with E-state index in [-0.39, 0.29) is 0 Å². The summed E-state index contributed by atoms with van der Waals surface area (Å²) in [6.07, 6.45) is 4.17. The number of thiophene rings is 1. The molecule has 0 aromatic carbocycles. The van der Waals surface area contributed by atoms with Gasteiger partial charge in [-0.25, -0.2) is 0 Å². The highest BCUT2D eigenvalue weighted by Gasteiger charge is 2.26. The summed E-state index contributed by atoms with van der Waals surface area (Å²) in [5.74, 6) is 1.71. The standard InChI is InChI=1S/C14H23NS/c1-10-5-4-6-13(12(10)3)15-9-14-11(2)7-8-16-14/h7-8,10,12-13,15H,4-6,9H2,1-3H3/t10-,12-,13-/m0/s1. The molecule has 1 N–H and O–H groups in total. The SMILES string of the molecule is Cc1ccsc1CN[C@H]1CCC[C@H](C)[C@@H]1C. The van der Waals surface area contributed by atoms with E-state index in [1.165, 1.54) is 29.7 Å². The topological polar surface area (TPSA) is 12.0 Å². The molecule has 0 saturated heterocycles. The van der Waals surface area contributed by atoms with Crippen molar-refractivity contribution in [3.05, 3.63) is 21.9 Å². The fourth-order valence-corrected chi connectivity index (χ4v) is 3.54. The highest BCUT2D eigenvalue weighted by atomic mass is 32.1. The lowest BCUT2D eigenvalue weighted by atomic mass is 9.78. The van der Waals surface area contributed by atoms with Crippen LogP contribution in [0.4, 0.5) is 0 Å². The Morgan fingerprint density at radius 2 is 2.19 bits per heavy atom. The van der Waals surface area contributed by atoms with E-state index in [2.05, 4.69) is 37.5 Å². The first kappa shape index (κ1) is 12.1. The predicted molar refractivity (Wildman–Crippen MR) is 71.9 cm³/mol. The Hall–Kier alpha value is -0.340. The lowest BCUT2D eigenvalue weighted by molar-refractivity contribution is 0.206. The number of hydrogen-bond donors (Lipinski definition) is 1. The number of nitrogens with one attached hydrogen (secondary N) is 1. The lowest BCUT2D eigenvalue weighted by Gasteiger charge is -2.34. The second kappa shape index (κ2) is 5.33. The summed E-state index contributed by atoms with van der Waals surface area (Å²) in [4.78, 5) is 1.51. The van der Waals surface area contributed by atoms with E-state index >= 15 is 0 Å². The molecule has 1 aromatic rings. The van der Waals surface area contributed by atoms with Crippen LogP contribution in [0, 0.1) is 18.8 Å². The highest BCUT2D eigenvalue weighted by Crippen LogP contribution is 2.30. The summed E-state index contributed by atoms with van der Waals surface area (Å²) < 4.78 is 0. The zero-order valence-corrected chi connectivity index (χ0v) is 11.4. The van der Waals surface area contributed by atoms with E-state index < -0.39 is 0 Å². The normalized spacial score (nSPS) is 30.6. The van der Waals surface area contributed by atoms with Crippen LogP contribution >= 0.6 is 11.3 Å². The van der Waals surface area contributed by atoms with Gasteiger partial charge in [0.25, 0.3) is 0 Å². The molecule has 1 fully saturated rings. The number of rotatable bonds is 3. The van der Waals surface area contributed by atoms with Crippen molar-refractivity contribution < 1.29 is 0 Å². The van der Waals surface area contributed by atoms with E-state index in [4.69, 9.17) is 0 Å². The molecule has 2 heteroatoms. The molecule has 0 radical (unpaired) electrons. The molecule has 90 valence electrons. The maximum atomic E-state index is 3.76. The van der Waals surface area contributed by atoms with E-state index in [1.807, 2.05) is 11.3 Å². The molecule has 3 atom stereocenters. The van der Waals surface area contributed by atoms with Gasteiger partial charge >= 0.3 is 0 Å². The molecular formula is C14H23NS. The van der Waals surface area contributed by atoms with Crippen LogP contribution in [0.25, 0.3) is 0 Å². The van der Waals surface area contributed by atoms with Crippen molar-refractivity contribution in [1.29, 1.82) is 0 Å². The molecule has 0 amide bonds. The number of aryl methyl sites for hydroxylation is 1. The first-order chi connectivity index (χ1) is 7.68. The third-order valence-electron chi connectivity index (χ3n) is 4.20. The Balaban J connectivity index is 1.88. The summed E-state index contributed by atoms with van der Waals surface area (Å²) in [5.41, 5.74) is 1.44. The molecular weight excluding hydrogens is 214 g/mol. The fourth-order valence-electron chi connectivity index (χ4n) is 2.68. The number of hydrogen-bond acceptors (Lipinski definition) is 2. The van der Waals surface area contributed by atoms with Gasteiger partial charge in [0.1, 0.15) is 0 Å². The summed E-state index contributed by atoms with van der Waals surface area (Å²) in [7, 11) is 0. The Bertz CT molecular complexity index is 331. The van der Waals surface area contributed by atoms with Crippen molar-refractivity contribution in [2.24, 2.45) is 11.8 Å². The van der Waals surface area contributed by atoms with Gasteiger partial charge in [-0.05, 0) is 42.2 Å². The molecule has 1 nitrogen and oxygen atoms in total. The van der Waals surface area contributed by atoms with Crippen LogP contribution in [-0.4, -0.2) is 6.04 Å². The molecule has 1 aliphatic rings. The van der Waals surface area contributed by atoms with Gasteiger partial charge in [0, 0.05) is 17.5 Å². The maximum Gasteiger partial charge on any atom is 0.0305 e. The van der Waals surface area contributed by atoms with Crippen molar-refractivity contribution in [3.8, 4) is 0 Å². The first-order valence-electron chi connectivity index (χ1n) is 6.45. The third kappa shape index (κ3) is 2.67. The molecule has 16 heavy (non-hydrogen) atoms. The Morgan fingerprint density at radius 1 is 1.38 bits per heavy atom. The zero-order valence-electron chi connectivity index (χ0n) is 10.6. The largest absolute Gasteiger partial charge is 0.309 e. The van der Waals surface area contributed by atoms with Gasteiger partial charge in [-0.2, -0.15) is 0 Å². The zero-order chi connectivity index (χ0) is 11.5. The Labute approximate surface area is 103 Å². The third-order valence-corrected chi connectivity index (χ3v) is 5.22. The molecule has 0 spiro atoms. The summed E-state index contributed by atoms with van der Waals surface area (Å²) in [6.45, 7) is 8.07. The summed E-state index contributed by atoms with van der Waals surface area (Å²) >= 11 is 1.88. The van der Waals surface area contributed by atoms with Crippen LogP contribution in [0.3, 0.4) is 0 Å². The second-order valence-electron chi connectivity index (χ2n) is 5.28. The average Bonchev–Trinajstić information content (AvgIpc) is 2.67. The van der Waals surface area contributed by atoms with Gasteiger partial charge in [0.15, 0.2) is 0 Å². The molecule has 0 unspecified atom stereocenters. The van der Waals surface area contributed by atoms with Crippen LogP contribution in [0.15, 0.2) is 11.4 Å². The fraction of sp³-hybridized carbons (Fsp3) is 0.714. The van der Waals surface area contributed by atoms with Crippen LogP contribution in [0.1, 0.15) is 43.6 Å². The van der Waals surface area contributed by atoms with E-state index in [0.717, 1.165) is 24.4 Å². The quantitative estimate of drug-likeness (QED) is 0.838. The van der Waals surface area contributed by atoms with Crippen LogP contribution in [0.2, 0.25) is 0 Å². The Morgan fingerprint density at radius 3 is 2.88 bits per heavy atom. The molecule has 1 aliphatic carbocycles. The first-order valence-corrected chi connectivity index (χ1v) is 7.33. The second-order valence-corrected chi connectivity index (χ2v) is 6.28. The van der Waals surface area contributed by atoms with Gasteiger partial charge in [-0.3, -0.25) is 0 Å². The van der Waals surface area contributed by atoms with Gasteiger partial charge in [-0.1, -0.05) is 26.7 Å². The van der Waals surface area contributed by atoms with Crippen molar-refractivity contribution >= 4 is 11.3 Å². The molecule has 0 bridgehead atoms. The monoisotopic (exact) mass is 237 g/mol. The minimum Gasteiger partial charge on any atom is -0.309 e. The Kier molecular flexibility index (Phi) is 4.04. The molecule has 1 heterocycles. The summed E-state index contributed by atoms with van der Waals surface area (Å²) in [5, 5.41) is 5.95. The van der Waals surface area contributed by atoms with Gasteiger partial charge in [0.2, 0.25) is 0 Å². The minimum atomic E-state index is 0.727. The van der Waals surface area contributed by atoms with Gasteiger partial charge in [-0.15, -0.1) is 11.3 Å².